The van der Waals surface area contributed by atoms with Gasteiger partial charge in [-0.2, -0.15) is 5.26 Å². The lowest BCUT2D eigenvalue weighted by atomic mass is 9.82. The third-order valence-electron chi connectivity index (χ3n) is 3.86. The molecule has 130 valence electrons. The van der Waals surface area contributed by atoms with Crippen LogP contribution in [0.3, 0.4) is 0 Å². The quantitative estimate of drug-likeness (QED) is 0.814. The van der Waals surface area contributed by atoms with Crippen LogP contribution >= 0.6 is 0 Å². The van der Waals surface area contributed by atoms with E-state index in [1.165, 1.54) is 0 Å². The van der Waals surface area contributed by atoms with Gasteiger partial charge in [0, 0.05) is 18.5 Å². The van der Waals surface area contributed by atoms with Gasteiger partial charge in [-0.1, -0.05) is 12.8 Å². The van der Waals surface area contributed by atoms with Gasteiger partial charge < -0.3 is 15.4 Å². The third-order valence-corrected chi connectivity index (χ3v) is 3.86. The normalized spacial score (nSPS) is 22.6. The maximum Gasteiger partial charge on any atom is 0.407 e. The van der Waals surface area contributed by atoms with Gasteiger partial charge in [0.2, 0.25) is 5.91 Å². The Hall–Kier alpha value is -1.77. The van der Waals surface area contributed by atoms with Crippen molar-refractivity contribution >= 4 is 12.0 Å². The summed E-state index contributed by atoms with van der Waals surface area (Å²) in [7, 11) is 0. The van der Waals surface area contributed by atoms with E-state index in [0.717, 1.165) is 25.7 Å². The molecule has 0 unspecified atom stereocenters. The standard InChI is InChI=1S/C17H29N3O3/c1-12(9-10-18)19-15(21)11-13-7-5-6-8-14(13)20-16(22)23-17(2,3)4/h12-14H,5-9,11H2,1-4H3,(H,19,21)(H,20,22)/t12-,13-,14+/m1/s1. The van der Waals surface area contributed by atoms with Crippen LogP contribution in [0.25, 0.3) is 0 Å². The molecule has 6 heteroatoms. The van der Waals surface area contributed by atoms with Crippen LogP contribution < -0.4 is 10.6 Å². The molecule has 0 aliphatic heterocycles. The minimum Gasteiger partial charge on any atom is -0.444 e. The first kappa shape index (κ1) is 19.3. The van der Waals surface area contributed by atoms with E-state index in [9.17, 15) is 9.59 Å². The molecule has 1 aliphatic rings. The summed E-state index contributed by atoms with van der Waals surface area (Å²) in [4.78, 5) is 24.0. The number of ether oxygens (including phenoxy) is 1. The maximum atomic E-state index is 12.1. The first-order valence-corrected chi connectivity index (χ1v) is 8.37. The predicted octanol–water partition coefficient (Wildman–Crippen LogP) is 2.88. The highest BCUT2D eigenvalue weighted by Crippen LogP contribution is 2.27. The van der Waals surface area contributed by atoms with Gasteiger partial charge in [-0.05, 0) is 46.5 Å². The van der Waals surface area contributed by atoms with Gasteiger partial charge in [0.15, 0.2) is 0 Å². The van der Waals surface area contributed by atoms with Crippen LogP contribution in [0.1, 0.15) is 66.2 Å². The Morgan fingerprint density at radius 1 is 1.30 bits per heavy atom. The fourth-order valence-electron chi connectivity index (χ4n) is 2.86. The molecular formula is C17H29N3O3. The summed E-state index contributed by atoms with van der Waals surface area (Å²) in [5, 5.41) is 14.4. The average molecular weight is 323 g/mol. The van der Waals surface area contributed by atoms with Crippen molar-refractivity contribution in [2.45, 2.75) is 83.9 Å². The minimum atomic E-state index is -0.529. The first-order valence-electron chi connectivity index (χ1n) is 8.37. The summed E-state index contributed by atoms with van der Waals surface area (Å²) in [6.07, 6.45) is 4.15. The van der Waals surface area contributed by atoms with Crippen LogP contribution in [-0.4, -0.2) is 29.7 Å². The van der Waals surface area contributed by atoms with Crippen molar-refractivity contribution in [3.63, 3.8) is 0 Å². The van der Waals surface area contributed by atoms with E-state index in [1.807, 2.05) is 33.8 Å². The molecule has 1 fully saturated rings. The van der Waals surface area contributed by atoms with Gasteiger partial charge in [0.1, 0.15) is 5.60 Å². The number of hydrogen-bond donors (Lipinski definition) is 2. The average Bonchev–Trinajstić information content (AvgIpc) is 2.38. The molecule has 1 rings (SSSR count). The first-order chi connectivity index (χ1) is 10.7. The lowest BCUT2D eigenvalue weighted by molar-refractivity contribution is -0.123. The van der Waals surface area contributed by atoms with Crippen molar-refractivity contribution in [3.05, 3.63) is 0 Å². The van der Waals surface area contributed by atoms with Crippen LogP contribution in [-0.2, 0) is 9.53 Å². The highest BCUT2D eigenvalue weighted by Gasteiger charge is 2.30. The molecule has 0 bridgehead atoms. The number of hydrogen-bond acceptors (Lipinski definition) is 4. The van der Waals surface area contributed by atoms with Crippen LogP contribution in [0.2, 0.25) is 0 Å². The number of carbonyl (C=O) groups is 2. The molecule has 0 aromatic rings. The molecule has 0 saturated heterocycles. The molecule has 3 atom stereocenters. The predicted molar refractivity (Wildman–Crippen MR) is 87.6 cm³/mol. The van der Waals surface area contributed by atoms with Crippen LogP contribution in [0.15, 0.2) is 0 Å². The van der Waals surface area contributed by atoms with Crippen molar-refractivity contribution in [1.29, 1.82) is 5.26 Å². The Labute approximate surface area is 139 Å². The zero-order chi connectivity index (χ0) is 17.5. The zero-order valence-electron chi connectivity index (χ0n) is 14.6. The summed E-state index contributed by atoms with van der Waals surface area (Å²) < 4.78 is 5.30. The number of nitriles is 1. The molecule has 0 radical (unpaired) electrons. The fourth-order valence-corrected chi connectivity index (χ4v) is 2.86. The molecule has 2 N–H and O–H groups in total. The molecule has 1 saturated carbocycles. The Bertz CT molecular complexity index is 451. The lowest BCUT2D eigenvalue weighted by Gasteiger charge is -2.32. The van der Waals surface area contributed by atoms with Gasteiger partial charge >= 0.3 is 6.09 Å². The summed E-state index contributed by atoms with van der Waals surface area (Å²) in [5.74, 6) is 0.0567. The minimum absolute atomic E-state index is 0.0318. The van der Waals surface area contributed by atoms with Gasteiger partial charge in [-0.25, -0.2) is 4.79 Å². The smallest absolute Gasteiger partial charge is 0.407 e. The Kier molecular flexibility index (Phi) is 7.34. The third kappa shape index (κ3) is 7.87. The number of rotatable bonds is 5. The molecule has 6 nitrogen and oxygen atoms in total. The SMILES string of the molecule is C[C@H](CC#N)NC(=O)C[C@H]1CCCC[C@@H]1NC(=O)OC(C)(C)C. The van der Waals surface area contributed by atoms with E-state index >= 15 is 0 Å². The second-order valence-corrected chi connectivity index (χ2v) is 7.33. The van der Waals surface area contributed by atoms with E-state index in [4.69, 9.17) is 10.00 Å². The largest absolute Gasteiger partial charge is 0.444 e. The van der Waals surface area contributed by atoms with Crippen LogP contribution in [0.5, 0.6) is 0 Å². The molecule has 0 heterocycles. The summed E-state index contributed by atoms with van der Waals surface area (Å²) in [6, 6.07) is 1.87. The van der Waals surface area contributed by atoms with Crippen LogP contribution in [0, 0.1) is 17.2 Å². The number of nitrogens with one attached hydrogen (secondary N) is 2. The summed E-state index contributed by atoms with van der Waals surface area (Å²) >= 11 is 0. The van der Waals surface area contributed by atoms with E-state index in [1.54, 1.807) is 0 Å². The molecule has 0 aromatic carbocycles. The second-order valence-electron chi connectivity index (χ2n) is 7.33. The molecule has 0 aromatic heterocycles. The monoisotopic (exact) mass is 323 g/mol. The van der Waals surface area contributed by atoms with E-state index < -0.39 is 11.7 Å². The van der Waals surface area contributed by atoms with E-state index in [-0.39, 0.29) is 23.9 Å². The Balaban J connectivity index is 2.53. The van der Waals surface area contributed by atoms with Gasteiger partial charge in [-0.15, -0.1) is 0 Å². The Morgan fingerprint density at radius 3 is 2.57 bits per heavy atom. The molecule has 23 heavy (non-hydrogen) atoms. The number of carbonyl (C=O) groups excluding carboxylic acids is 2. The lowest BCUT2D eigenvalue weighted by Crippen LogP contribution is -2.46. The molecular weight excluding hydrogens is 294 g/mol. The van der Waals surface area contributed by atoms with Crippen molar-refractivity contribution in [1.82, 2.24) is 10.6 Å². The number of alkyl carbamates (subject to hydrolysis) is 1. The highest BCUT2D eigenvalue weighted by atomic mass is 16.6. The van der Waals surface area contributed by atoms with E-state index in [0.29, 0.717) is 12.8 Å². The fraction of sp³-hybridized carbons (Fsp3) is 0.824. The molecule has 2 amide bonds. The van der Waals surface area contributed by atoms with Crippen molar-refractivity contribution in [2.75, 3.05) is 0 Å². The van der Waals surface area contributed by atoms with Crippen molar-refractivity contribution in [3.8, 4) is 6.07 Å². The van der Waals surface area contributed by atoms with Gasteiger partial charge in [-0.3, -0.25) is 4.79 Å². The highest BCUT2D eigenvalue weighted by molar-refractivity contribution is 5.76. The van der Waals surface area contributed by atoms with Crippen molar-refractivity contribution < 1.29 is 14.3 Å². The maximum absolute atomic E-state index is 12.1. The van der Waals surface area contributed by atoms with Crippen molar-refractivity contribution in [2.24, 2.45) is 5.92 Å². The number of amides is 2. The van der Waals surface area contributed by atoms with Gasteiger partial charge in [0.25, 0.3) is 0 Å². The number of nitrogens with zero attached hydrogens (tertiary/aromatic N) is 1. The Morgan fingerprint density at radius 2 is 1.96 bits per heavy atom. The zero-order valence-corrected chi connectivity index (χ0v) is 14.6. The van der Waals surface area contributed by atoms with E-state index in [2.05, 4.69) is 10.6 Å². The summed E-state index contributed by atoms with van der Waals surface area (Å²) in [6.45, 7) is 7.30. The molecule has 0 spiro atoms. The van der Waals surface area contributed by atoms with Gasteiger partial charge in [0.05, 0.1) is 12.5 Å². The topological polar surface area (TPSA) is 91.2 Å². The molecule has 1 aliphatic carbocycles. The second kappa shape index (κ2) is 8.76. The summed E-state index contributed by atoms with van der Waals surface area (Å²) in [5.41, 5.74) is -0.529. The van der Waals surface area contributed by atoms with Crippen LogP contribution in [0.4, 0.5) is 4.79 Å².